The van der Waals surface area contributed by atoms with Crippen molar-refractivity contribution in [3.63, 3.8) is 0 Å². The lowest BCUT2D eigenvalue weighted by molar-refractivity contribution is 0.0980. The summed E-state index contributed by atoms with van der Waals surface area (Å²) in [6.45, 7) is 8.62. The number of hydrogen-bond acceptors (Lipinski definition) is 4. The summed E-state index contributed by atoms with van der Waals surface area (Å²) in [5.74, 6) is 0.575. The number of nitrogens with one attached hydrogen (secondary N) is 2. The summed E-state index contributed by atoms with van der Waals surface area (Å²) in [4.78, 5) is 27.4. The van der Waals surface area contributed by atoms with Crippen LogP contribution in [0, 0.1) is 0 Å². The number of benzene rings is 4. The van der Waals surface area contributed by atoms with Gasteiger partial charge in [-0.05, 0) is 59.4 Å². The first-order valence-electron chi connectivity index (χ1n) is 12.4. The van der Waals surface area contributed by atoms with Crippen molar-refractivity contribution in [3.05, 3.63) is 118 Å². The van der Waals surface area contributed by atoms with Crippen LogP contribution in [0.1, 0.15) is 82.5 Å². The summed E-state index contributed by atoms with van der Waals surface area (Å²) < 4.78 is 0. The van der Waals surface area contributed by atoms with Gasteiger partial charge in [0.25, 0.3) is 0 Å². The fourth-order valence-electron chi connectivity index (χ4n) is 4.66. The van der Waals surface area contributed by atoms with Crippen LogP contribution in [-0.4, -0.2) is 11.6 Å². The normalized spacial score (nSPS) is 12.5. The van der Waals surface area contributed by atoms with E-state index in [0.29, 0.717) is 45.5 Å². The molecular weight excluding hydrogens is 444 g/mol. The molecule has 0 bridgehead atoms. The van der Waals surface area contributed by atoms with Crippen LogP contribution in [-0.2, 0) is 0 Å². The molecule has 0 saturated heterocycles. The van der Waals surface area contributed by atoms with E-state index in [4.69, 9.17) is 0 Å². The van der Waals surface area contributed by atoms with Crippen LogP contribution in [0.5, 0.6) is 0 Å². The van der Waals surface area contributed by atoms with Gasteiger partial charge in [-0.25, -0.2) is 0 Å². The van der Waals surface area contributed by atoms with E-state index in [1.165, 1.54) is 11.1 Å². The summed E-state index contributed by atoms with van der Waals surface area (Å²) >= 11 is 0. The van der Waals surface area contributed by atoms with Gasteiger partial charge in [-0.2, -0.15) is 0 Å². The molecule has 36 heavy (non-hydrogen) atoms. The Morgan fingerprint density at radius 2 is 0.861 bits per heavy atom. The minimum Gasteiger partial charge on any atom is -0.355 e. The van der Waals surface area contributed by atoms with E-state index in [1.807, 2.05) is 48.5 Å². The van der Waals surface area contributed by atoms with Crippen LogP contribution in [0.4, 0.5) is 22.7 Å². The number of carbonyl (C=O) groups excluding carboxylic acids is 2. The second-order valence-electron chi connectivity index (χ2n) is 9.92. The molecule has 4 nitrogen and oxygen atoms in total. The number of carbonyl (C=O) groups is 2. The first kappa shape index (κ1) is 23.6. The van der Waals surface area contributed by atoms with Crippen LogP contribution in [0.25, 0.3) is 0 Å². The van der Waals surface area contributed by atoms with Crippen molar-refractivity contribution in [2.45, 2.75) is 39.5 Å². The summed E-state index contributed by atoms with van der Waals surface area (Å²) in [6, 6.07) is 27.1. The predicted octanol–water partition coefficient (Wildman–Crippen LogP) is 8.20. The van der Waals surface area contributed by atoms with E-state index in [2.05, 4.69) is 62.6 Å². The minimum atomic E-state index is -0.152. The highest BCUT2D eigenvalue weighted by Crippen LogP contribution is 2.37. The van der Waals surface area contributed by atoms with E-state index >= 15 is 0 Å². The van der Waals surface area contributed by atoms with Crippen LogP contribution in [0.2, 0.25) is 0 Å². The van der Waals surface area contributed by atoms with Crippen LogP contribution in [0.15, 0.2) is 84.9 Å². The minimum absolute atomic E-state index is 0.152. The van der Waals surface area contributed by atoms with E-state index in [-0.39, 0.29) is 11.6 Å². The maximum absolute atomic E-state index is 13.7. The number of hydrogen-bond donors (Lipinski definition) is 2. The van der Waals surface area contributed by atoms with Gasteiger partial charge in [-0.1, -0.05) is 76.2 Å². The largest absolute Gasteiger partial charge is 0.355 e. The molecule has 5 rings (SSSR count). The van der Waals surface area contributed by atoms with Gasteiger partial charge in [0.05, 0.1) is 22.5 Å². The molecule has 0 aromatic heterocycles. The molecule has 4 aromatic carbocycles. The van der Waals surface area contributed by atoms with Crippen LogP contribution < -0.4 is 10.6 Å². The van der Waals surface area contributed by atoms with Gasteiger partial charge < -0.3 is 10.6 Å². The van der Waals surface area contributed by atoms with E-state index in [1.54, 1.807) is 12.1 Å². The Morgan fingerprint density at radius 1 is 0.500 bits per heavy atom. The van der Waals surface area contributed by atoms with Crippen LogP contribution in [0.3, 0.4) is 0 Å². The third-order valence-electron chi connectivity index (χ3n) is 6.79. The zero-order valence-corrected chi connectivity index (χ0v) is 21.1. The molecule has 2 N–H and O–H groups in total. The van der Waals surface area contributed by atoms with Crippen molar-refractivity contribution in [1.29, 1.82) is 0 Å². The van der Waals surface area contributed by atoms with Crippen molar-refractivity contribution in [3.8, 4) is 0 Å². The van der Waals surface area contributed by atoms with Crippen molar-refractivity contribution >= 4 is 34.3 Å². The Labute approximate surface area is 212 Å². The molecule has 1 aliphatic rings. The molecule has 0 spiro atoms. The highest BCUT2D eigenvalue weighted by atomic mass is 16.1. The summed E-state index contributed by atoms with van der Waals surface area (Å²) in [5.41, 5.74) is 7.18. The third-order valence-corrected chi connectivity index (χ3v) is 6.79. The monoisotopic (exact) mass is 474 g/mol. The molecule has 4 heteroatoms. The number of anilines is 4. The Hall–Kier alpha value is -4.18. The Balaban J connectivity index is 1.49. The number of rotatable bonds is 6. The average Bonchev–Trinajstić information content (AvgIpc) is 2.88. The van der Waals surface area contributed by atoms with Gasteiger partial charge in [0.2, 0.25) is 0 Å². The maximum Gasteiger partial charge on any atom is 0.196 e. The molecule has 0 fully saturated rings. The lowest BCUT2D eigenvalue weighted by Crippen LogP contribution is -2.23. The highest BCUT2D eigenvalue weighted by Gasteiger charge is 2.33. The Bertz CT molecular complexity index is 1340. The third kappa shape index (κ3) is 4.31. The quantitative estimate of drug-likeness (QED) is 0.260. The Morgan fingerprint density at radius 3 is 1.19 bits per heavy atom. The van der Waals surface area contributed by atoms with Crippen molar-refractivity contribution in [2.75, 3.05) is 10.6 Å². The smallest absolute Gasteiger partial charge is 0.196 e. The predicted molar refractivity (Wildman–Crippen MR) is 147 cm³/mol. The Kier molecular flexibility index (Phi) is 6.19. The number of ketones is 2. The van der Waals surface area contributed by atoms with Gasteiger partial charge in [-0.15, -0.1) is 0 Å². The van der Waals surface area contributed by atoms with E-state index in [9.17, 15) is 9.59 Å². The lowest BCUT2D eigenvalue weighted by atomic mass is 9.82. The molecular formula is C32H30N2O2. The second kappa shape index (κ2) is 9.46. The van der Waals surface area contributed by atoms with E-state index in [0.717, 1.165) is 11.4 Å². The zero-order chi connectivity index (χ0) is 25.4. The first-order valence-corrected chi connectivity index (χ1v) is 12.4. The highest BCUT2D eigenvalue weighted by molar-refractivity contribution is 6.32. The summed E-state index contributed by atoms with van der Waals surface area (Å²) in [7, 11) is 0. The van der Waals surface area contributed by atoms with Crippen molar-refractivity contribution < 1.29 is 9.59 Å². The van der Waals surface area contributed by atoms with Gasteiger partial charge in [-0.3, -0.25) is 9.59 Å². The molecule has 0 unspecified atom stereocenters. The zero-order valence-electron chi connectivity index (χ0n) is 21.1. The van der Waals surface area contributed by atoms with Crippen molar-refractivity contribution in [1.82, 2.24) is 0 Å². The second-order valence-corrected chi connectivity index (χ2v) is 9.92. The molecule has 0 heterocycles. The fraction of sp³-hybridized carbons (Fsp3) is 0.188. The van der Waals surface area contributed by atoms with Gasteiger partial charge >= 0.3 is 0 Å². The summed E-state index contributed by atoms with van der Waals surface area (Å²) in [5, 5.41) is 6.72. The SMILES string of the molecule is CC(C)c1ccc(Nc2cccc3c2C(=O)c2cccc(Nc4ccc(C(C)C)cc4)c2C3=O)cc1. The molecule has 0 amide bonds. The van der Waals surface area contributed by atoms with Gasteiger partial charge in [0.1, 0.15) is 0 Å². The molecule has 0 saturated carbocycles. The molecule has 0 radical (unpaired) electrons. The molecule has 1 aliphatic carbocycles. The fourth-order valence-corrected chi connectivity index (χ4v) is 4.66. The standard InChI is InChI=1S/C32H30N2O2/c1-19(2)21-11-15-23(16-12-21)33-27-9-5-7-25-29(27)31(35)26-8-6-10-28(30(26)32(25)36)34-24-17-13-22(14-18-24)20(3)4/h5-20,33-34H,1-4H3. The van der Waals surface area contributed by atoms with Gasteiger partial charge in [0.15, 0.2) is 11.6 Å². The number of fused-ring (bicyclic) bond motifs is 2. The summed E-state index contributed by atoms with van der Waals surface area (Å²) in [6.07, 6.45) is 0. The van der Waals surface area contributed by atoms with E-state index < -0.39 is 0 Å². The molecule has 0 atom stereocenters. The first-order chi connectivity index (χ1) is 17.3. The van der Waals surface area contributed by atoms with Crippen molar-refractivity contribution in [2.24, 2.45) is 0 Å². The van der Waals surface area contributed by atoms with Gasteiger partial charge in [0, 0.05) is 22.5 Å². The average molecular weight is 475 g/mol. The molecule has 0 aliphatic heterocycles. The molecule has 4 aromatic rings. The topological polar surface area (TPSA) is 58.2 Å². The lowest BCUT2D eigenvalue weighted by Gasteiger charge is -2.23. The maximum atomic E-state index is 13.7. The van der Waals surface area contributed by atoms with Crippen LogP contribution >= 0.6 is 0 Å². The molecule has 180 valence electrons.